The molecule has 5 heterocycles. The molecular weight excluding hydrogens is 551 g/mol. The third kappa shape index (κ3) is 5.97. The standard InChI is InChI=1S/C29H32F3N7O3/c1-36-22-15-38(16-23(36)18-42-17-22)27(41)20-4-6-21(7-5-20)33-28-34-26-24(3-2-12-39(26)35-28)19-9-13-37(14-10-19)25(40)8-11-29(30,31)32/h2-7,9,12,22-23H,8,10-11,13-18H2,1H3,(H,33,35). The normalized spacial score (nSPS) is 21.4. The van der Waals surface area contributed by atoms with Crippen LogP contribution in [0.5, 0.6) is 0 Å². The molecule has 0 spiro atoms. The number of aromatic nitrogens is 3. The Morgan fingerprint density at radius 3 is 2.48 bits per heavy atom. The van der Waals surface area contributed by atoms with Crippen LogP contribution in [0.15, 0.2) is 48.7 Å². The lowest BCUT2D eigenvalue weighted by Gasteiger charge is -2.48. The molecule has 1 N–H and O–H groups in total. The molecule has 2 aromatic heterocycles. The van der Waals surface area contributed by atoms with E-state index in [-0.39, 0.29) is 24.5 Å². The number of hydrogen-bond donors (Lipinski definition) is 1. The summed E-state index contributed by atoms with van der Waals surface area (Å²) in [7, 11) is 2.09. The molecule has 0 radical (unpaired) electrons. The van der Waals surface area contributed by atoms with Crippen LogP contribution in [0, 0.1) is 0 Å². The summed E-state index contributed by atoms with van der Waals surface area (Å²) in [6.45, 7) is 3.14. The van der Waals surface area contributed by atoms with Gasteiger partial charge in [0.25, 0.3) is 5.91 Å². The third-order valence-electron chi connectivity index (χ3n) is 8.20. The van der Waals surface area contributed by atoms with E-state index >= 15 is 0 Å². The predicted octanol–water partition coefficient (Wildman–Crippen LogP) is 3.59. The minimum atomic E-state index is -4.35. The Hall–Kier alpha value is -3.97. The number of ether oxygens (including phenoxy) is 1. The minimum absolute atomic E-state index is 0.00317. The number of fused-ring (bicyclic) bond motifs is 3. The van der Waals surface area contributed by atoms with E-state index in [1.54, 1.807) is 22.8 Å². The maximum Gasteiger partial charge on any atom is 0.389 e. The molecule has 222 valence electrons. The molecule has 6 rings (SSSR count). The quantitative estimate of drug-likeness (QED) is 0.474. The molecule has 3 aromatic rings. The van der Waals surface area contributed by atoms with Gasteiger partial charge in [-0.25, -0.2) is 4.52 Å². The first kappa shape index (κ1) is 28.2. The summed E-state index contributed by atoms with van der Waals surface area (Å²) in [5, 5.41) is 7.73. The van der Waals surface area contributed by atoms with Crippen molar-refractivity contribution in [1.29, 1.82) is 0 Å². The van der Waals surface area contributed by atoms with Gasteiger partial charge in [0.15, 0.2) is 5.65 Å². The van der Waals surface area contributed by atoms with E-state index in [1.165, 1.54) is 4.90 Å². The molecule has 0 saturated carbocycles. The topological polar surface area (TPSA) is 95.3 Å². The second kappa shape index (κ2) is 11.4. The van der Waals surface area contributed by atoms with E-state index in [0.717, 1.165) is 16.8 Å². The maximum atomic E-state index is 13.2. The van der Waals surface area contributed by atoms with Crippen LogP contribution in [0.3, 0.4) is 0 Å². The van der Waals surface area contributed by atoms with E-state index in [0.29, 0.717) is 56.4 Å². The van der Waals surface area contributed by atoms with Crippen molar-refractivity contribution in [2.24, 2.45) is 0 Å². The smallest absolute Gasteiger partial charge is 0.378 e. The first-order valence-corrected chi connectivity index (χ1v) is 14.0. The molecule has 10 nitrogen and oxygen atoms in total. The lowest BCUT2D eigenvalue weighted by Crippen LogP contribution is -2.64. The molecule has 0 aliphatic carbocycles. The lowest BCUT2D eigenvalue weighted by molar-refractivity contribution is -0.148. The number of halogens is 3. The lowest BCUT2D eigenvalue weighted by atomic mass is 10.00. The Bertz CT molecular complexity index is 1490. The maximum absolute atomic E-state index is 13.2. The monoisotopic (exact) mass is 583 g/mol. The van der Waals surface area contributed by atoms with Crippen LogP contribution < -0.4 is 5.32 Å². The van der Waals surface area contributed by atoms with Crippen molar-refractivity contribution < 1.29 is 27.5 Å². The van der Waals surface area contributed by atoms with Gasteiger partial charge in [-0.3, -0.25) is 14.5 Å². The van der Waals surface area contributed by atoms with Crippen molar-refractivity contribution >= 4 is 34.7 Å². The van der Waals surface area contributed by atoms with Crippen molar-refractivity contribution in [3.63, 3.8) is 0 Å². The number of amides is 2. The van der Waals surface area contributed by atoms with Crippen LogP contribution in [0.1, 0.15) is 35.2 Å². The molecule has 1 aromatic carbocycles. The molecule has 2 fully saturated rings. The Balaban J connectivity index is 1.11. The molecular formula is C29H32F3N7O3. The molecule has 3 aliphatic heterocycles. The number of piperazine rings is 1. The number of likely N-dealkylation sites (N-methyl/N-ethyl adjacent to an activating group) is 1. The zero-order valence-corrected chi connectivity index (χ0v) is 23.2. The Morgan fingerprint density at radius 2 is 1.81 bits per heavy atom. The second-order valence-electron chi connectivity index (χ2n) is 11.0. The van der Waals surface area contributed by atoms with Gasteiger partial charge in [-0.15, -0.1) is 5.10 Å². The fraction of sp³-hybridized carbons (Fsp3) is 0.448. The van der Waals surface area contributed by atoms with Crippen molar-refractivity contribution in [2.45, 2.75) is 37.5 Å². The predicted molar refractivity (Wildman–Crippen MR) is 149 cm³/mol. The van der Waals surface area contributed by atoms with Crippen LogP contribution in [0.2, 0.25) is 0 Å². The van der Waals surface area contributed by atoms with E-state index < -0.39 is 24.9 Å². The average Bonchev–Trinajstić information content (AvgIpc) is 3.38. The molecule has 2 unspecified atom stereocenters. The summed E-state index contributed by atoms with van der Waals surface area (Å²) in [4.78, 5) is 35.7. The van der Waals surface area contributed by atoms with Crippen molar-refractivity contribution in [2.75, 3.05) is 51.8 Å². The second-order valence-corrected chi connectivity index (χ2v) is 11.0. The van der Waals surface area contributed by atoms with Gasteiger partial charge in [-0.2, -0.15) is 18.2 Å². The number of anilines is 2. The fourth-order valence-electron chi connectivity index (χ4n) is 5.75. The van der Waals surface area contributed by atoms with E-state index in [4.69, 9.17) is 4.74 Å². The van der Waals surface area contributed by atoms with Gasteiger partial charge >= 0.3 is 6.18 Å². The number of rotatable bonds is 6. The number of morpholine rings is 1. The SMILES string of the molecule is CN1C2COCC1CN(C(=O)c1ccc(Nc3nc4c(C5=CCN(C(=O)CCC(F)(F)F)CC5)cccn4n3)cc1)C2. The highest BCUT2D eigenvalue weighted by Crippen LogP contribution is 2.28. The Kier molecular flexibility index (Phi) is 7.62. The van der Waals surface area contributed by atoms with Crippen molar-refractivity contribution in [1.82, 2.24) is 29.3 Å². The number of carbonyl (C=O) groups is 2. The summed E-state index contributed by atoms with van der Waals surface area (Å²) in [5.74, 6) is -0.111. The van der Waals surface area contributed by atoms with Gasteiger partial charge in [0, 0.05) is 55.6 Å². The molecule has 3 aliphatic rings. The summed E-state index contributed by atoms with van der Waals surface area (Å²) < 4.78 is 44.8. The van der Waals surface area contributed by atoms with Crippen LogP contribution in [0.25, 0.3) is 11.2 Å². The van der Waals surface area contributed by atoms with Crippen LogP contribution in [0.4, 0.5) is 24.8 Å². The van der Waals surface area contributed by atoms with Gasteiger partial charge in [-0.1, -0.05) is 6.08 Å². The number of hydrogen-bond acceptors (Lipinski definition) is 7. The Morgan fingerprint density at radius 1 is 1.07 bits per heavy atom. The summed E-state index contributed by atoms with van der Waals surface area (Å²) in [6, 6.07) is 11.4. The molecule has 2 atom stereocenters. The fourth-order valence-corrected chi connectivity index (χ4v) is 5.75. The van der Waals surface area contributed by atoms with Gasteiger partial charge < -0.3 is 19.9 Å². The van der Waals surface area contributed by atoms with Crippen molar-refractivity contribution in [3.8, 4) is 0 Å². The van der Waals surface area contributed by atoms with Gasteiger partial charge in [0.05, 0.1) is 31.7 Å². The molecule has 2 saturated heterocycles. The summed E-state index contributed by atoms with van der Waals surface area (Å²) >= 11 is 0. The van der Waals surface area contributed by atoms with E-state index in [2.05, 4.69) is 27.3 Å². The highest BCUT2D eigenvalue weighted by molar-refractivity contribution is 5.94. The van der Waals surface area contributed by atoms with Crippen LogP contribution in [-0.2, 0) is 9.53 Å². The van der Waals surface area contributed by atoms with Crippen LogP contribution >= 0.6 is 0 Å². The number of pyridine rings is 1. The highest BCUT2D eigenvalue weighted by Gasteiger charge is 2.37. The number of nitrogens with zero attached hydrogens (tertiary/aromatic N) is 6. The number of nitrogens with one attached hydrogen (secondary N) is 1. The van der Waals surface area contributed by atoms with Gasteiger partial charge in [0.2, 0.25) is 11.9 Å². The summed E-state index contributed by atoms with van der Waals surface area (Å²) in [6.07, 6.45) is -1.85. The van der Waals surface area contributed by atoms with E-state index in [9.17, 15) is 22.8 Å². The number of carbonyl (C=O) groups excluding carboxylic acids is 2. The number of alkyl halides is 3. The van der Waals surface area contributed by atoms with E-state index in [1.807, 2.05) is 35.2 Å². The average molecular weight is 584 g/mol. The van der Waals surface area contributed by atoms with Gasteiger partial charge in [-0.05, 0) is 55.4 Å². The third-order valence-corrected chi connectivity index (χ3v) is 8.20. The largest absolute Gasteiger partial charge is 0.389 e. The molecule has 42 heavy (non-hydrogen) atoms. The Labute approximate surface area is 240 Å². The molecule has 2 amide bonds. The van der Waals surface area contributed by atoms with Crippen molar-refractivity contribution in [3.05, 3.63) is 59.8 Å². The first-order valence-electron chi connectivity index (χ1n) is 14.0. The molecule has 13 heteroatoms. The zero-order valence-electron chi connectivity index (χ0n) is 23.2. The zero-order chi connectivity index (χ0) is 29.4. The first-order chi connectivity index (χ1) is 20.1. The highest BCUT2D eigenvalue weighted by atomic mass is 19.4. The number of benzene rings is 1. The molecule has 2 bridgehead atoms. The van der Waals surface area contributed by atoms with Crippen LogP contribution in [-0.4, -0.2) is 106 Å². The van der Waals surface area contributed by atoms with Gasteiger partial charge in [0.1, 0.15) is 0 Å². The minimum Gasteiger partial charge on any atom is -0.378 e. The summed E-state index contributed by atoms with van der Waals surface area (Å²) in [5.41, 5.74) is 3.78.